The SMILES string of the molecule is Cc1ncc(Cc2ccccc2)c([C@H]2CCCN(C(=O)[C@@H](c3cccnc3)N3CCOCC3)C2)n1. The van der Waals surface area contributed by atoms with E-state index in [9.17, 15) is 4.79 Å². The summed E-state index contributed by atoms with van der Waals surface area (Å²) in [4.78, 5) is 32.0. The van der Waals surface area contributed by atoms with Gasteiger partial charge in [0.2, 0.25) is 5.91 Å². The third kappa shape index (κ3) is 5.57. The van der Waals surface area contributed by atoms with Crippen LogP contribution in [0.4, 0.5) is 0 Å². The van der Waals surface area contributed by atoms with Gasteiger partial charge in [-0.15, -0.1) is 0 Å². The lowest BCUT2D eigenvalue weighted by atomic mass is 9.89. The van der Waals surface area contributed by atoms with E-state index in [2.05, 4.69) is 39.1 Å². The van der Waals surface area contributed by atoms with E-state index >= 15 is 0 Å². The summed E-state index contributed by atoms with van der Waals surface area (Å²) in [5, 5.41) is 0. The number of hydrogen-bond acceptors (Lipinski definition) is 6. The Bertz CT molecular complexity index is 1120. The quantitative estimate of drug-likeness (QED) is 0.548. The normalized spacial score (nSPS) is 19.9. The minimum Gasteiger partial charge on any atom is -0.379 e. The first kappa shape index (κ1) is 23.6. The van der Waals surface area contributed by atoms with Crippen LogP contribution in [0.5, 0.6) is 0 Å². The van der Waals surface area contributed by atoms with Crippen LogP contribution in [0.3, 0.4) is 0 Å². The van der Waals surface area contributed by atoms with Crippen LogP contribution in [0, 0.1) is 6.92 Å². The number of benzene rings is 1. The first-order valence-electron chi connectivity index (χ1n) is 12.6. The number of piperidine rings is 1. The number of aromatic nitrogens is 3. The number of hydrogen-bond donors (Lipinski definition) is 0. The van der Waals surface area contributed by atoms with E-state index < -0.39 is 0 Å². The second-order valence-corrected chi connectivity index (χ2v) is 9.45. The van der Waals surface area contributed by atoms with E-state index in [1.807, 2.05) is 42.4 Å². The van der Waals surface area contributed by atoms with Crippen molar-refractivity contribution in [3.05, 3.63) is 89.3 Å². The molecular weight excluding hydrogens is 438 g/mol. The molecule has 2 aliphatic rings. The molecule has 35 heavy (non-hydrogen) atoms. The summed E-state index contributed by atoms with van der Waals surface area (Å²) in [6, 6.07) is 14.0. The van der Waals surface area contributed by atoms with Gasteiger partial charge in [-0.2, -0.15) is 0 Å². The van der Waals surface area contributed by atoms with Crippen molar-refractivity contribution in [2.45, 2.75) is 38.1 Å². The van der Waals surface area contributed by atoms with Gasteiger partial charge in [0.1, 0.15) is 11.9 Å². The molecule has 182 valence electrons. The standard InChI is InChI=1S/C28H33N5O2/c1-21-30-19-25(17-22-7-3-2-4-8-22)26(31-21)24-10-6-12-33(20-24)28(34)27(23-9-5-11-29-18-23)32-13-15-35-16-14-32/h2-5,7-9,11,18-19,24,27H,6,10,12-17,20H2,1H3/t24-,27+/m0/s1. The number of carbonyl (C=O) groups is 1. The van der Waals surface area contributed by atoms with E-state index in [4.69, 9.17) is 9.72 Å². The van der Waals surface area contributed by atoms with Crippen molar-refractivity contribution in [1.82, 2.24) is 24.8 Å². The van der Waals surface area contributed by atoms with Crippen molar-refractivity contribution in [3.63, 3.8) is 0 Å². The second kappa shape index (κ2) is 11.1. The zero-order chi connectivity index (χ0) is 24.0. The summed E-state index contributed by atoms with van der Waals surface area (Å²) in [6.45, 7) is 6.18. The molecule has 2 atom stereocenters. The molecular formula is C28H33N5O2. The molecule has 0 bridgehead atoms. The van der Waals surface area contributed by atoms with E-state index in [1.54, 1.807) is 6.20 Å². The van der Waals surface area contributed by atoms with Crippen molar-refractivity contribution < 1.29 is 9.53 Å². The molecule has 0 unspecified atom stereocenters. The maximum absolute atomic E-state index is 14.0. The van der Waals surface area contributed by atoms with Crippen LogP contribution < -0.4 is 0 Å². The highest BCUT2D eigenvalue weighted by Gasteiger charge is 2.35. The number of rotatable bonds is 6. The van der Waals surface area contributed by atoms with E-state index in [0.717, 1.165) is 61.5 Å². The number of likely N-dealkylation sites (tertiary alicyclic amines) is 1. The molecule has 0 radical (unpaired) electrons. The van der Waals surface area contributed by atoms with Gasteiger partial charge in [0.15, 0.2) is 0 Å². The number of pyridine rings is 1. The number of nitrogens with zero attached hydrogens (tertiary/aromatic N) is 5. The van der Waals surface area contributed by atoms with E-state index in [-0.39, 0.29) is 17.9 Å². The van der Waals surface area contributed by atoms with Crippen LogP contribution in [-0.2, 0) is 16.0 Å². The zero-order valence-electron chi connectivity index (χ0n) is 20.3. The van der Waals surface area contributed by atoms with Crippen molar-refractivity contribution in [3.8, 4) is 0 Å². The molecule has 0 aliphatic carbocycles. The molecule has 2 aliphatic heterocycles. The third-order valence-corrected chi connectivity index (χ3v) is 7.02. The smallest absolute Gasteiger partial charge is 0.244 e. The average Bonchev–Trinajstić information content (AvgIpc) is 2.92. The van der Waals surface area contributed by atoms with Crippen molar-refractivity contribution in [1.29, 1.82) is 0 Å². The molecule has 7 nitrogen and oxygen atoms in total. The van der Waals surface area contributed by atoms with Gasteiger partial charge in [0.25, 0.3) is 0 Å². The molecule has 2 saturated heterocycles. The van der Waals surface area contributed by atoms with Gasteiger partial charge in [-0.05, 0) is 42.5 Å². The Morgan fingerprint density at radius 2 is 1.91 bits per heavy atom. The van der Waals surface area contributed by atoms with Gasteiger partial charge in [-0.25, -0.2) is 9.97 Å². The molecule has 4 heterocycles. The lowest BCUT2D eigenvalue weighted by molar-refractivity contribution is -0.140. The first-order valence-corrected chi connectivity index (χ1v) is 12.6. The Balaban J connectivity index is 1.39. The second-order valence-electron chi connectivity index (χ2n) is 9.45. The Hall–Kier alpha value is -3.16. The van der Waals surface area contributed by atoms with Crippen LogP contribution in [0.15, 0.2) is 61.1 Å². The van der Waals surface area contributed by atoms with Crippen LogP contribution in [0.1, 0.15) is 53.0 Å². The number of morpholine rings is 1. The van der Waals surface area contributed by atoms with Crippen LogP contribution in [-0.4, -0.2) is 70.1 Å². The summed E-state index contributed by atoms with van der Waals surface area (Å²) >= 11 is 0. The number of amides is 1. The highest BCUT2D eigenvalue weighted by Crippen LogP contribution is 2.32. The topological polar surface area (TPSA) is 71.5 Å². The Labute approximate surface area is 207 Å². The van der Waals surface area contributed by atoms with E-state index in [0.29, 0.717) is 19.8 Å². The summed E-state index contributed by atoms with van der Waals surface area (Å²) in [7, 11) is 0. The fourth-order valence-corrected chi connectivity index (χ4v) is 5.27. The molecule has 0 N–H and O–H groups in total. The van der Waals surface area contributed by atoms with Gasteiger partial charge in [0, 0.05) is 57.1 Å². The van der Waals surface area contributed by atoms with Crippen molar-refractivity contribution >= 4 is 5.91 Å². The highest BCUT2D eigenvalue weighted by atomic mass is 16.5. The summed E-state index contributed by atoms with van der Waals surface area (Å²) in [5.41, 5.74) is 4.43. The van der Waals surface area contributed by atoms with Crippen LogP contribution in [0.25, 0.3) is 0 Å². The third-order valence-electron chi connectivity index (χ3n) is 7.02. The lowest BCUT2D eigenvalue weighted by Crippen LogP contribution is -2.49. The van der Waals surface area contributed by atoms with Gasteiger partial charge in [-0.3, -0.25) is 14.7 Å². The molecule has 5 rings (SSSR count). The molecule has 1 aromatic carbocycles. The lowest BCUT2D eigenvalue weighted by Gasteiger charge is -2.39. The molecule has 2 fully saturated rings. The maximum atomic E-state index is 14.0. The highest BCUT2D eigenvalue weighted by molar-refractivity contribution is 5.83. The fraction of sp³-hybridized carbons (Fsp3) is 0.429. The first-order chi connectivity index (χ1) is 17.2. The molecule has 0 saturated carbocycles. The minimum absolute atomic E-state index is 0.153. The molecule has 2 aromatic heterocycles. The van der Waals surface area contributed by atoms with E-state index in [1.165, 1.54) is 5.56 Å². The summed E-state index contributed by atoms with van der Waals surface area (Å²) < 4.78 is 5.56. The predicted octanol–water partition coefficient (Wildman–Crippen LogP) is 3.55. The number of ether oxygens (including phenoxy) is 1. The molecule has 1 amide bonds. The maximum Gasteiger partial charge on any atom is 0.244 e. The minimum atomic E-state index is -0.331. The summed E-state index contributed by atoms with van der Waals surface area (Å²) in [5.74, 6) is 1.13. The van der Waals surface area contributed by atoms with Gasteiger partial charge >= 0.3 is 0 Å². The number of carbonyl (C=O) groups excluding carboxylic acids is 1. The van der Waals surface area contributed by atoms with Crippen LogP contribution in [0.2, 0.25) is 0 Å². The van der Waals surface area contributed by atoms with Crippen LogP contribution >= 0.6 is 0 Å². The largest absolute Gasteiger partial charge is 0.379 e. The Morgan fingerprint density at radius 1 is 1.09 bits per heavy atom. The zero-order valence-corrected chi connectivity index (χ0v) is 20.3. The Morgan fingerprint density at radius 3 is 2.69 bits per heavy atom. The molecule has 7 heteroatoms. The van der Waals surface area contributed by atoms with Gasteiger partial charge in [-0.1, -0.05) is 36.4 Å². The molecule has 3 aromatic rings. The van der Waals surface area contributed by atoms with Gasteiger partial charge < -0.3 is 9.64 Å². The predicted molar refractivity (Wildman–Crippen MR) is 134 cm³/mol. The monoisotopic (exact) mass is 471 g/mol. The number of aryl methyl sites for hydroxylation is 1. The van der Waals surface area contributed by atoms with Crippen molar-refractivity contribution in [2.24, 2.45) is 0 Å². The summed E-state index contributed by atoms with van der Waals surface area (Å²) in [6.07, 6.45) is 8.34. The average molecular weight is 472 g/mol. The Kier molecular flexibility index (Phi) is 7.45. The fourth-order valence-electron chi connectivity index (χ4n) is 5.27. The van der Waals surface area contributed by atoms with Crippen molar-refractivity contribution in [2.75, 3.05) is 39.4 Å². The molecule has 0 spiro atoms. The van der Waals surface area contributed by atoms with Gasteiger partial charge in [0.05, 0.1) is 18.9 Å².